The predicted octanol–water partition coefficient (Wildman–Crippen LogP) is 0.355. The third-order valence-electron chi connectivity index (χ3n) is 6.82. The van der Waals surface area contributed by atoms with Gasteiger partial charge in [0.25, 0.3) is 0 Å². The second-order valence-corrected chi connectivity index (χ2v) is 8.77. The zero-order chi connectivity index (χ0) is 20.5. The number of rotatable bonds is 5. The highest BCUT2D eigenvalue weighted by Gasteiger charge is 2.47. The normalized spacial score (nSPS) is 28.8. The van der Waals surface area contributed by atoms with E-state index in [0.717, 1.165) is 38.0 Å². The molecule has 8 nitrogen and oxygen atoms in total. The van der Waals surface area contributed by atoms with Gasteiger partial charge >= 0.3 is 5.69 Å². The predicted molar refractivity (Wildman–Crippen MR) is 108 cm³/mol. The van der Waals surface area contributed by atoms with Crippen LogP contribution in [0.2, 0.25) is 0 Å². The minimum absolute atomic E-state index is 0.0614. The van der Waals surface area contributed by atoms with E-state index in [0.29, 0.717) is 43.1 Å². The van der Waals surface area contributed by atoms with E-state index in [1.807, 2.05) is 13.0 Å². The molecule has 1 aromatic rings. The number of hydrogen-bond acceptors (Lipinski definition) is 5. The number of hydrogen-bond donors (Lipinski definition) is 2. The van der Waals surface area contributed by atoms with Crippen LogP contribution in [0.25, 0.3) is 0 Å². The number of amides is 2. The molecule has 3 fully saturated rings. The molecule has 8 heteroatoms. The quantitative estimate of drug-likeness (QED) is 0.743. The molecule has 0 unspecified atom stereocenters. The van der Waals surface area contributed by atoms with Crippen LogP contribution in [0, 0.1) is 25.7 Å². The van der Waals surface area contributed by atoms with Crippen LogP contribution in [0.5, 0.6) is 0 Å². The molecule has 2 bridgehead atoms. The summed E-state index contributed by atoms with van der Waals surface area (Å²) in [6.45, 7) is 6.33. The Hall–Kier alpha value is -2.22. The number of nitrogens with zero attached hydrogens (tertiary/aromatic N) is 3. The van der Waals surface area contributed by atoms with Gasteiger partial charge in [0.15, 0.2) is 0 Å². The number of nitrogens with one attached hydrogen (secondary N) is 2. The maximum absolute atomic E-state index is 12.7. The maximum Gasteiger partial charge on any atom is 0.347 e. The summed E-state index contributed by atoms with van der Waals surface area (Å²) in [6, 6.07) is 2.21. The van der Waals surface area contributed by atoms with Gasteiger partial charge < -0.3 is 15.5 Å². The Kier molecular flexibility index (Phi) is 5.72. The minimum Gasteiger partial charge on any atom is -0.354 e. The molecule has 158 valence electrons. The summed E-state index contributed by atoms with van der Waals surface area (Å²) in [5.74, 6) is 1.07. The Morgan fingerprint density at radius 3 is 2.86 bits per heavy atom. The molecule has 1 aromatic heterocycles. The van der Waals surface area contributed by atoms with E-state index in [-0.39, 0.29) is 30.0 Å². The summed E-state index contributed by atoms with van der Waals surface area (Å²) in [7, 11) is 0. The molecular formula is C21H31N5O3. The van der Waals surface area contributed by atoms with Crippen LogP contribution in [-0.4, -0.2) is 58.0 Å². The van der Waals surface area contributed by atoms with Crippen LogP contribution in [0.15, 0.2) is 10.9 Å². The first-order chi connectivity index (χ1) is 13.9. The zero-order valence-electron chi connectivity index (χ0n) is 17.3. The van der Waals surface area contributed by atoms with Gasteiger partial charge in [0.2, 0.25) is 11.8 Å². The molecule has 4 atom stereocenters. The summed E-state index contributed by atoms with van der Waals surface area (Å²) in [6.07, 6.45) is 4.01. The van der Waals surface area contributed by atoms with E-state index in [1.165, 1.54) is 4.57 Å². The summed E-state index contributed by atoms with van der Waals surface area (Å²) in [4.78, 5) is 43.3. The lowest BCUT2D eigenvalue weighted by Crippen LogP contribution is -2.66. The fourth-order valence-corrected chi connectivity index (χ4v) is 5.46. The molecule has 0 aromatic carbocycles. The molecule has 3 aliphatic heterocycles. The molecular weight excluding hydrogens is 370 g/mol. The molecule has 0 saturated carbocycles. The maximum atomic E-state index is 12.7. The standard InChI is InChI=1S/C21H31N5O3/c1-13-8-14(2)25(21(29)24-13)7-6-19(27)23-12-18-16-9-15(10-22-11-16)17-4-3-5-20(28)26(17)18/h8,15-18,22H,3-7,9-12H2,1-2H3,(H,23,27)/t15-,16+,17+,18+/m1/s1. The lowest BCUT2D eigenvalue weighted by atomic mass is 9.72. The molecule has 0 radical (unpaired) electrons. The van der Waals surface area contributed by atoms with Crippen LogP contribution in [0.3, 0.4) is 0 Å². The average molecular weight is 402 g/mol. The second kappa shape index (κ2) is 8.26. The number of carbonyl (C=O) groups excluding carboxylic acids is 2. The smallest absolute Gasteiger partial charge is 0.347 e. The van der Waals surface area contributed by atoms with Gasteiger partial charge in [0.05, 0.1) is 6.04 Å². The Morgan fingerprint density at radius 1 is 1.28 bits per heavy atom. The number of fused-ring (bicyclic) bond motifs is 4. The molecule has 0 aliphatic carbocycles. The van der Waals surface area contributed by atoms with Crippen molar-refractivity contribution in [1.29, 1.82) is 0 Å². The van der Waals surface area contributed by atoms with Crippen molar-refractivity contribution < 1.29 is 9.59 Å². The van der Waals surface area contributed by atoms with Gasteiger partial charge in [-0.3, -0.25) is 14.2 Å². The molecule has 2 amide bonds. The first-order valence-electron chi connectivity index (χ1n) is 10.8. The third kappa shape index (κ3) is 4.08. The molecule has 4 rings (SSSR count). The number of carbonyl (C=O) groups is 2. The van der Waals surface area contributed by atoms with Crippen molar-refractivity contribution in [2.24, 2.45) is 11.8 Å². The van der Waals surface area contributed by atoms with Gasteiger partial charge in [-0.25, -0.2) is 4.79 Å². The molecule has 0 spiro atoms. The van der Waals surface area contributed by atoms with Crippen molar-refractivity contribution in [2.75, 3.05) is 19.6 Å². The summed E-state index contributed by atoms with van der Waals surface area (Å²) >= 11 is 0. The molecule has 3 aliphatic rings. The number of aryl methyl sites for hydroxylation is 2. The monoisotopic (exact) mass is 401 g/mol. The third-order valence-corrected chi connectivity index (χ3v) is 6.82. The highest BCUT2D eigenvalue weighted by atomic mass is 16.2. The Bertz CT molecular complexity index is 851. The van der Waals surface area contributed by atoms with Crippen molar-refractivity contribution in [2.45, 2.75) is 64.6 Å². The number of aromatic nitrogens is 2. The minimum atomic E-state index is -0.316. The Labute approximate surface area is 171 Å². The van der Waals surface area contributed by atoms with Gasteiger partial charge in [-0.1, -0.05) is 0 Å². The molecule has 3 saturated heterocycles. The lowest BCUT2D eigenvalue weighted by Gasteiger charge is -2.54. The van der Waals surface area contributed by atoms with Gasteiger partial charge in [-0.05, 0) is 57.6 Å². The first kappa shape index (κ1) is 20.1. The average Bonchev–Trinajstić information content (AvgIpc) is 2.68. The van der Waals surface area contributed by atoms with Crippen LogP contribution in [-0.2, 0) is 16.1 Å². The van der Waals surface area contributed by atoms with Gasteiger partial charge in [0, 0.05) is 49.9 Å². The zero-order valence-corrected chi connectivity index (χ0v) is 17.3. The summed E-state index contributed by atoms with van der Waals surface area (Å²) < 4.78 is 1.53. The van der Waals surface area contributed by atoms with E-state index in [1.54, 1.807) is 6.92 Å². The fraction of sp³-hybridized carbons (Fsp3) is 0.714. The van der Waals surface area contributed by atoms with E-state index in [4.69, 9.17) is 0 Å². The second-order valence-electron chi connectivity index (χ2n) is 8.77. The van der Waals surface area contributed by atoms with Crippen molar-refractivity contribution in [1.82, 2.24) is 25.1 Å². The largest absolute Gasteiger partial charge is 0.354 e. The highest BCUT2D eigenvalue weighted by Crippen LogP contribution is 2.39. The van der Waals surface area contributed by atoms with Crippen LogP contribution in [0.1, 0.15) is 43.5 Å². The Balaban J connectivity index is 1.38. The lowest BCUT2D eigenvalue weighted by molar-refractivity contribution is -0.149. The first-order valence-corrected chi connectivity index (χ1v) is 10.8. The summed E-state index contributed by atoms with van der Waals surface area (Å²) in [5.41, 5.74) is 1.18. The van der Waals surface area contributed by atoms with Crippen LogP contribution < -0.4 is 16.3 Å². The summed E-state index contributed by atoms with van der Waals surface area (Å²) in [5, 5.41) is 6.55. The number of piperidine rings is 3. The van der Waals surface area contributed by atoms with Crippen molar-refractivity contribution in [3.05, 3.63) is 27.9 Å². The molecule has 4 heterocycles. The van der Waals surface area contributed by atoms with E-state index >= 15 is 0 Å². The molecule has 29 heavy (non-hydrogen) atoms. The SMILES string of the molecule is Cc1cc(C)n(CCC(=O)NC[C@H]2[C@@H]3CNC[C@@H](C3)[C@@H]3CCCC(=O)N32)c(=O)n1. The van der Waals surface area contributed by atoms with E-state index in [2.05, 4.69) is 20.5 Å². The van der Waals surface area contributed by atoms with E-state index < -0.39 is 0 Å². The van der Waals surface area contributed by atoms with Gasteiger partial charge in [0.1, 0.15) is 0 Å². The highest BCUT2D eigenvalue weighted by molar-refractivity contribution is 5.78. The topological polar surface area (TPSA) is 96.3 Å². The van der Waals surface area contributed by atoms with Crippen LogP contribution in [0.4, 0.5) is 0 Å². The fourth-order valence-electron chi connectivity index (χ4n) is 5.46. The van der Waals surface area contributed by atoms with Crippen molar-refractivity contribution >= 4 is 11.8 Å². The van der Waals surface area contributed by atoms with Crippen molar-refractivity contribution in [3.8, 4) is 0 Å². The van der Waals surface area contributed by atoms with Gasteiger partial charge in [-0.2, -0.15) is 4.98 Å². The van der Waals surface area contributed by atoms with Crippen molar-refractivity contribution in [3.63, 3.8) is 0 Å². The van der Waals surface area contributed by atoms with E-state index in [9.17, 15) is 14.4 Å². The Morgan fingerprint density at radius 2 is 2.07 bits per heavy atom. The van der Waals surface area contributed by atoms with Gasteiger partial charge in [-0.15, -0.1) is 0 Å². The van der Waals surface area contributed by atoms with Crippen LogP contribution >= 0.6 is 0 Å². The molecule has 2 N–H and O–H groups in total.